The van der Waals surface area contributed by atoms with Gasteiger partial charge in [-0.3, -0.25) is 0 Å². The molecular weight excluding hydrogens is 245 g/mol. The third-order valence-electron chi connectivity index (χ3n) is 4.52. The van der Waals surface area contributed by atoms with E-state index in [0.29, 0.717) is 11.3 Å². The highest BCUT2D eigenvalue weighted by molar-refractivity contribution is 8.00. The monoisotopic (exact) mass is 265 g/mol. The Bertz CT molecular complexity index is 432. The van der Waals surface area contributed by atoms with Crippen LogP contribution in [-0.2, 0) is 0 Å². The van der Waals surface area contributed by atoms with Crippen molar-refractivity contribution in [2.75, 3.05) is 18.8 Å². The second kappa shape index (κ2) is 4.86. The van der Waals surface area contributed by atoms with E-state index in [4.69, 9.17) is 0 Å². The van der Waals surface area contributed by atoms with Crippen molar-refractivity contribution in [2.45, 2.75) is 30.9 Å². The van der Waals surface area contributed by atoms with E-state index in [2.05, 4.69) is 24.0 Å². The highest BCUT2D eigenvalue weighted by Gasteiger charge is 2.46. The van der Waals surface area contributed by atoms with Crippen LogP contribution in [0.15, 0.2) is 24.3 Å². The lowest BCUT2D eigenvalue weighted by Crippen LogP contribution is -2.44. The van der Waals surface area contributed by atoms with E-state index in [1.54, 1.807) is 12.1 Å². The van der Waals surface area contributed by atoms with Gasteiger partial charge in [-0.1, -0.05) is 25.1 Å². The van der Waals surface area contributed by atoms with Gasteiger partial charge in [0.25, 0.3) is 0 Å². The van der Waals surface area contributed by atoms with Crippen LogP contribution in [0.5, 0.6) is 0 Å². The molecule has 18 heavy (non-hydrogen) atoms. The van der Waals surface area contributed by atoms with Crippen molar-refractivity contribution < 1.29 is 4.39 Å². The van der Waals surface area contributed by atoms with Gasteiger partial charge >= 0.3 is 0 Å². The molecule has 2 aliphatic rings. The zero-order valence-electron chi connectivity index (χ0n) is 10.8. The maximum Gasteiger partial charge on any atom is 0.126 e. The van der Waals surface area contributed by atoms with Crippen LogP contribution in [0.1, 0.15) is 31.2 Å². The predicted octanol–water partition coefficient (Wildman–Crippen LogP) is 3.41. The fourth-order valence-corrected chi connectivity index (χ4v) is 5.12. The highest BCUT2D eigenvalue weighted by atomic mass is 32.2. The molecule has 0 bridgehead atoms. The summed E-state index contributed by atoms with van der Waals surface area (Å²) in [6.45, 7) is 4.31. The molecule has 0 saturated carbocycles. The van der Waals surface area contributed by atoms with Gasteiger partial charge < -0.3 is 5.32 Å². The molecule has 1 aromatic carbocycles. The first-order valence-corrected chi connectivity index (χ1v) is 7.83. The van der Waals surface area contributed by atoms with E-state index >= 15 is 0 Å². The quantitative estimate of drug-likeness (QED) is 0.835. The lowest BCUT2D eigenvalue weighted by Gasteiger charge is -2.42. The summed E-state index contributed by atoms with van der Waals surface area (Å²) in [5, 5.41) is 4.17. The molecule has 3 atom stereocenters. The van der Waals surface area contributed by atoms with Crippen LogP contribution in [0.3, 0.4) is 0 Å². The van der Waals surface area contributed by atoms with Gasteiger partial charge in [0, 0.05) is 17.7 Å². The molecule has 2 saturated heterocycles. The van der Waals surface area contributed by atoms with Gasteiger partial charge in [0.05, 0.1) is 0 Å². The topological polar surface area (TPSA) is 12.0 Å². The minimum Gasteiger partial charge on any atom is -0.316 e. The molecule has 0 aliphatic carbocycles. The number of hydrogen-bond acceptors (Lipinski definition) is 2. The average molecular weight is 265 g/mol. The molecule has 3 rings (SSSR count). The molecule has 0 aromatic heterocycles. The molecule has 2 aliphatic heterocycles. The second-order valence-electron chi connectivity index (χ2n) is 5.72. The Morgan fingerprint density at radius 1 is 1.39 bits per heavy atom. The number of benzene rings is 1. The van der Waals surface area contributed by atoms with Gasteiger partial charge in [-0.25, -0.2) is 4.39 Å². The van der Waals surface area contributed by atoms with Crippen molar-refractivity contribution in [3.63, 3.8) is 0 Å². The summed E-state index contributed by atoms with van der Waals surface area (Å²) in [6, 6.07) is 7.32. The zero-order valence-corrected chi connectivity index (χ0v) is 11.6. The van der Waals surface area contributed by atoms with Gasteiger partial charge in [0.2, 0.25) is 0 Å². The number of rotatable bonds is 1. The van der Waals surface area contributed by atoms with Crippen molar-refractivity contribution in [3.05, 3.63) is 35.6 Å². The Morgan fingerprint density at radius 3 is 2.94 bits per heavy atom. The number of halogens is 1. The fraction of sp³-hybridized carbons (Fsp3) is 0.600. The van der Waals surface area contributed by atoms with E-state index in [1.165, 1.54) is 18.6 Å². The summed E-state index contributed by atoms with van der Waals surface area (Å²) in [4.78, 5) is 0. The molecule has 0 amide bonds. The summed E-state index contributed by atoms with van der Waals surface area (Å²) < 4.78 is 14.1. The predicted molar refractivity (Wildman–Crippen MR) is 75.6 cm³/mol. The van der Waals surface area contributed by atoms with Crippen LogP contribution < -0.4 is 5.32 Å². The minimum absolute atomic E-state index is 0.0323. The molecule has 1 nitrogen and oxygen atoms in total. The normalized spacial score (nSPS) is 36.1. The lowest BCUT2D eigenvalue weighted by atomic mass is 9.67. The maximum absolute atomic E-state index is 14.1. The van der Waals surface area contributed by atoms with Crippen molar-refractivity contribution in [1.29, 1.82) is 0 Å². The van der Waals surface area contributed by atoms with Crippen LogP contribution in [0.25, 0.3) is 0 Å². The first-order chi connectivity index (χ1) is 8.71. The SMILES string of the molecule is CC1CC2(CCNCC2c2ccccc2F)CS1. The van der Waals surface area contributed by atoms with E-state index in [0.717, 1.165) is 23.9 Å². The second-order valence-corrected chi connectivity index (χ2v) is 7.14. The third kappa shape index (κ3) is 2.08. The number of hydrogen-bond donors (Lipinski definition) is 1. The Hall–Kier alpha value is -0.540. The average Bonchev–Trinajstić information content (AvgIpc) is 2.73. The molecule has 1 spiro atoms. The van der Waals surface area contributed by atoms with Crippen LogP contribution >= 0.6 is 11.8 Å². The Balaban J connectivity index is 1.96. The molecule has 0 radical (unpaired) electrons. The summed E-state index contributed by atoms with van der Waals surface area (Å²) in [6.07, 6.45) is 2.42. The molecule has 1 N–H and O–H groups in total. The van der Waals surface area contributed by atoms with Gasteiger partial charge in [-0.15, -0.1) is 0 Å². The van der Waals surface area contributed by atoms with Gasteiger partial charge in [-0.2, -0.15) is 11.8 Å². The Labute approximate surface area is 113 Å². The summed E-state index contributed by atoms with van der Waals surface area (Å²) in [5.74, 6) is 1.49. The number of thioether (sulfide) groups is 1. The smallest absolute Gasteiger partial charge is 0.126 e. The van der Waals surface area contributed by atoms with Crippen LogP contribution in [0.2, 0.25) is 0 Å². The lowest BCUT2D eigenvalue weighted by molar-refractivity contribution is 0.186. The molecule has 3 heteroatoms. The van der Waals surface area contributed by atoms with E-state index in [-0.39, 0.29) is 5.82 Å². The Kier molecular flexibility index (Phi) is 3.37. The zero-order chi connectivity index (χ0) is 12.6. The molecule has 98 valence electrons. The fourth-order valence-electron chi connectivity index (χ4n) is 3.59. The first kappa shape index (κ1) is 12.5. The largest absolute Gasteiger partial charge is 0.316 e. The van der Waals surface area contributed by atoms with Crippen molar-refractivity contribution in [1.82, 2.24) is 5.32 Å². The Morgan fingerprint density at radius 2 is 2.22 bits per heavy atom. The molecule has 2 heterocycles. The minimum atomic E-state index is -0.0323. The summed E-state index contributed by atoms with van der Waals surface area (Å²) in [7, 11) is 0. The first-order valence-electron chi connectivity index (χ1n) is 6.78. The highest BCUT2D eigenvalue weighted by Crippen LogP contribution is 2.53. The number of nitrogens with one attached hydrogen (secondary N) is 1. The molecule has 3 unspecified atom stereocenters. The number of piperidine rings is 1. The van der Waals surface area contributed by atoms with Crippen molar-refractivity contribution in [3.8, 4) is 0 Å². The molecule has 1 aromatic rings. The third-order valence-corrected chi connectivity index (χ3v) is 5.99. The molecular formula is C15H20FNS. The van der Waals surface area contributed by atoms with Gasteiger partial charge in [0.15, 0.2) is 0 Å². The summed E-state index contributed by atoms with van der Waals surface area (Å²) >= 11 is 2.06. The summed E-state index contributed by atoms with van der Waals surface area (Å²) in [5.41, 5.74) is 1.23. The van der Waals surface area contributed by atoms with Crippen LogP contribution in [-0.4, -0.2) is 24.1 Å². The maximum atomic E-state index is 14.1. The van der Waals surface area contributed by atoms with Gasteiger partial charge in [-0.05, 0) is 42.2 Å². The molecule has 2 fully saturated rings. The van der Waals surface area contributed by atoms with E-state index in [9.17, 15) is 4.39 Å². The van der Waals surface area contributed by atoms with E-state index < -0.39 is 0 Å². The van der Waals surface area contributed by atoms with E-state index in [1.807, 2.05) is 12.1 Å². The van der Waals surface area contributed by atoms with Crippen molar-refractivity contribution in [2.24, 2.45) is 5.41 Å². The van der Waals surface area contributed by atoms with Gasteiger partial charge in [0.1, 0.15) is 5.82 Å². The standard InChI is InChI=1S/C15H20FNS/c1-11-8-15(10-18-11)6-7-17-9-13(15)12-4-2-3-5-14(12)16/h2-5,11,13,17H,6-10H2,1H3. The van der Waals surface area contributed by atoms with Crippen LogP contribution in [0.4, 0.5) is 4.39 Å². The van der Waals surface area contributed by atoms with Crippen LogP contribution in [0, 0.1) is 11.2 Å². The van der Waals surface area contributed by atoms with Crippen molar-refractivity contribution >= 4 is 11.8 Å².